The summed E-state index contributed by atoms with van der Waals surface area (Å²) in [6.07, 6.45) is 0.607. The SMILES string of the molecule is O=C(Cc1csc(-c2ccc(Cl)s2)n1)Nc1ccc(CC(=O)N2CCSCC2)cc1. The van der Waals surface area contributed by atoms with Crippen molar-refractivity contribution in [3.8, 4) is 9.88 Å². The first kappa shape index (κ1) is 21.4. The minimum atomic E-state index is -0.120. The summed E-state index contributed by atoms with van der Waals surface area (Å²) in [7, 11) is 0. The molecule has 2 aromatic heterocycles. The van der Waals surface area contributed by atoms with Gasteiger partial charge in [0.1, 0.15) is 5.01 Å². The molecule has 3 aromatic rings. The van der Waals surface area contributed by atoms with Crippen molar-refractivity contribution < 1.29 is 9.59 Å². The van der Waals surface area contributed by atoms with E-state index in [9.17, 15) is 9.59 Å². The second kappa shape index (κ2) is 9.96. The standard InChI is InChI=1S/C21H20ClN3O2S3/c22-18-6-5-17(30-18)21-24-16(13-29-21)12-19(26)23-15-3-1-14(2-4-15)11-20(27)25-7-9-28-10-8-25/h1-6,13H,7-12H2,(H,23,26). The molecule has 1 aliphatic heterocycles. The average Bonchev–Trinajstić information content (AvgIpc) is 3.39. The molecule has 0 spiro atoms. The lowest BCUT2D eigenvalue weighted by atomic mass is 10.1. The Balaban J connectivity index is 1.29. The Kier molecular flexibility index (Phi) is 7.09. The van der Waals surface area contributed by atoms with E-state index in [-0.39, 0.29) is 18.2 Å². The molecule has 5 nitrogen and oxygen atoms in total. The number of thioether (sulfide) groups is 1. The van der Waals surface area contributed by atoms with Gasteiger partial charge in [-0.1, -0.05) is 23.7 Å². The Morgan fingerprint density at radius 2 is 1.83 bits per heavy atom. The fourth-order valence-corrected chi connectivity index (χ4v) is 5.94. The van der Waals surface area contributed by atoms with Crippen LogP contribution < -0.4 is 5.32 Å². The molecule has 9 heteroatoms. The average molecular weight is 478 g/mol. The molecule has 1 saturated heterocycles. The predicted octanol–water partition coefficient (Wildman–Crippen LogP) is 4.82. The molecule has 0 atom stereocenters. The van der Waals surface area contributed by atoms with E-state index in [1.165, 1.54) is 22.7 Å². The quantitative estimate of drug-likeness (QED) is 0.552. The molecule has 2 amide bonds. The first-order valence-electron chi connectivity index (χ1n) is 9.51. The zero-order valence-corrected chi connectivity index (χ0v) is 19.3. The lowest BCUT2D eigenvalue weighted by Gasteiger charge is -2.26. The third-order valence-corrected chi connectivity index (χ3v) is 7.87. The molecular formula is C21H20ClN3O2S3. The van der Waals surface area contributed by atoms with Crippen molar-refractivity contribution in [1.29, 1.82) is 0 Å². The number of anilines is 1. The van der Waals surface area contributed by atoms with Crippen LogP contribution in [0, 0.1) is 0 Å². The van der Waals surface area contributed by atoms with E-state index in [1.807, 2.05) is 58.4 Å². The first-order chi connectivity index (χ1) is 14.6. The normalized spacial score (nSPS) is 14.0. The van der Waals surface area contributed by atoms with E-state index >= 15 is 0 Å². The number of hydrogen-bond donors (Lipinski definition) is 1. The van der Waals surface area contributed by atoms with Gasteiger partial charge in [-0.05, 0) is 29.8 Å². The highest BCUT2D eigenvalue weighted by atomic mass is 35.5. The zero-order valence-electron chi connectivity index (χ0n) is 16.1. The van der Waals surface area contributed by atoms with Gasteiger partial charge < -0.3 is 10.2 Å². The van der Waals surface area contributed by atoms with Crippen LogP contribution in [-0.2, 0) is 22.4 Å². The van der Waals surface area contributed by atoms with E-state index in [0.717, 1.165) is 50.1 Å². The van der Waals surface area contributed by atoms with Crippen molar-refractivity contribution in [3.05, 3.63) is 57.4 Å². The largest absolute Gasteiger partial charge is 0.341 e. The van der Waals surface area contributed by atoms with Crippen LogP contribution in [0.3, 0.4) is 0 Å². The number of nitrogens with zero attached hydrogens (tertiary/aromatic N) is 2. The number of hydrogen-bond acceptors (Lipinski definition) is 6. The number of rotatable bonds is 6. The number of carbonyl (C=O) groups is 2. The number of halogens is 1. The van der Waals surface area contributed by atoms with Gasteiger partial charge >= 0.3 is 0 Å². The first-order valence-corrected chi connectivity index (χ1v) is 12.7. The van der Waals surface area contributed by atoms with Crippen LogP contribution in [0.5, 0.6) is 0 Å². The summed E-state index contributed by atoms with van der Waals surface area (Å²) in [6.45, 7) is 1.66. The summed E-state index contributed by atoms with van der Waals surface area (Å²) < 4.78 is 0.722. The predicted molar refractivity (Wildman–Crippen MR) is 127 cm³/mol. The van der Waals surface area contributed by atoms with Crippen LogP contribution in [-0.4, -0.2) is 46.3 Å². The molecule has 0 aliphatic carbocycles. The molecule has 0 bridgehead atoms. The van der Waals surface area contributed by atoms with Gasteiger partial charge in [0.25, 0.3) is 0 Å². The molecule has 156 valence electrons. The summed E-state index contributed by atoms with van der Waals surface area (Å²) in [5.74, 6) is 2.07. The third kappa shape index (κ3) is 5.63. The summed E-state index contributed by atoms with van der Waals surface area (Å²) in [4.78, 5) is 32.2. The Morgan fingerprint density at radius 3 is 2.53 bits per heavy atom. The highest BCUT2D eigenvalue weighted by Crippen LogP contribution is 2.33. The highest BCUT2D eigenvalue weighted by molar-refractivity contribution is 7.99. The number of thiazole rings is 1. The molecule has 0 radical (unpaired) electrons. The monoisotopic (exact) mass is 477 g/mol. The van der Waals surface area contributed by atoms with Crippen molar-refractivity contribution in [2.45, 2.75) is 12.8 Å². The van der Waals surface area contributed by atoms with Crippen LogP contribution in [0.15, 0.2) is 41.8 Å². The molecule has 1 N–H and O–H groups in total. The van der Waals surface area contributed by atoms with Crippen molar-refractivity contribution in [2.75, 3.05) is 29.9 Å². The van der Waals surface area contributed by atoms with Crippen LogP contribution in [0.1, 0.15) is 11.3 Å². The third-order valence-electron chi connectivity index (χ3n) is 4.63. The van der Waals surface area contributed by atoms with Crippen molar-refractivity contribution in [1.82, 2.24) is 9.88 Å². The summed E-state index contributed by atoms with van der Waals surface area (Å²) >= 11 is 10.8. The lowest BCUT2D eigenvalue weighted by molar-refractivity contribution is -0.130. The van der Waals surface area contributed by atoms with Gasteiger partial charge in [-0.2, -0.15) is 11.8 Å². The van der Waals surface area contributed by atoms with Crippen LogP contribution in [0.25, 0.3) is 9.88 Å². The maximum Gasteiger partial charge on any atom is 0.230 e. The Bertz CT molecular complexity index is 1030. The Labute approximate surface area is 192 Å². The second-order valence-electron chi connectivity index (χ2n) is 6.84. The van der Waals surface area contributed by atoms with Gasteiger partial charge in [-0.15, -0.1) is 22.7 Å². The minimum Gasteiger partial charge on any atom is -0.341 e. The van der Waals surface area contributed by atoms with E-state index in [2.05, 4.69) is 10.3 Å². The molecule has 1 aromatic carbocycles. The summed E-state index contributed by atoms with van der Waals surface area (Å²) in [6, 6.07) is 11.3. The van der Waals surface area contributed by atoms with Crippen molar-refractivity contribution in [2.24, 2.45) is 0 Å². The number of carbonyl (C=O) groups excluding carboxylic acids is 2. The highest BCUT2D eigenvalue weighted by Gasteiger charge is 2.17. The molecule has 30 heavy (non-hydrogen) atoms. The molecule has 4 rings (SSSR count). The fraction of sp³-hybridized carbons (Fsp3) is 0.286. The molecule has 0 unspecified atom stereocenters. The maximum atomic E-state index is 12.4. The Hall–Kier alpha value is -1.87. The smallest absolute Gasteiger partial charge is 0.230 e. The summed E-state index contributed by atoms with van der Waals surface area (Å²) in [5.41, 5.74) is 2.40. The van der Waals surface area contributed by atoms with Crippen molar-refractivity contribution in [3.63, 3.8) is 0 Å². The van der Waals surface area contributed by atoms with E-state index in [4.69, 9.17) is 11.6 Å². The second-order valence-corrected chi connectivity index (χ2v) is 10.6. The van der Waals surface area contributed by atoms with Crippen LogP contribution in [0.4, 0.5) is 5.69 Å². The Morgan fingerprint density at radius 1 is 1.07 bits per heavy atom. The van der Waals surface area contributed by atoms with E-state index in [0.29, 0.717) is 12.1 Å². The number of thiophene rings is 1. The maximum absolute atomic E-state index is 12.4. The fourth-order valence-electron chi connectivity index (χ4n) is 3.11. The minimum absolute atomic E-state index is 0.120. The topological polar surface area (TPSA) is 62.3 Å². The number of amides is 2. The lowest BCUT2D eigenvalue weighted by Crippen LogP contribution is -2.38. The van der Waals surface area contributed by atoms with Gasteiger partial charge in [0.2, 0.25) is 11.8 Å². The van der Waals surface area contributed by atoms with Gasteiger partial charge in [-0.3, -0.25) is 9.59 Å². The van der Waals surface area contributed by atoms with Crippen LogP contribution >= 0.6 is 46.0 Å². The van der Waals surface area contributed by atoms with Gasteiger partial charge in [0, 0.05) is 35.7 Å². The van der Waals surface area contributed by atoms with Gasteiger partial charge in [-0.25, -0.2) is 4.98 Å². The molecular weight excluding hydrogens is 458 g/mol. The van der Waals surface area contributed by atoms with Crippen LogP contribution in [0.2, 0.25) is 4.34 Å². The van der Waals surface area contributed by atoms with Gasteiger partial charge in [0.15, 0.2) is 0 Å². The zero-order chi connectivity index (χ0) is 20.9. The van der Waals surface area contributed by atoms with Crippen molar-refractivity contribution >= 4 is 63.5 Å². The van der Waals surface area contributed by atoms with E-state index in [1.54, 1.807) is 0 Å². The molecule has 3 heterocycles. The van der Waals surface area contributed by atoms with Gasteiger partial charge in [0.05, 0.1) is 27.7 Å². The summed E-state index contributed by atoms with van der Waals surface area (Å²) in [5, 5.41) is 5.67. The molecule has 1 fully saturated rings. The number of aromatic nitrogens is 1. The molecule has 1 aliphatic rings. The van der Waals surface area contributed by atoms with E-state index < -0.39 is 0 Å². The number of benzene rings is 1. The number of nitrogens with one attached hydrogen (secondary N) is 1. The molecule has 0 saturated carbocycles.